The average Bonchev–Trinajstić information content (AvgIpc) is 2.82. The van der Waals surface area contributed by atoms with Crippen LogP contribution in [-0.4, -0.2) is 21.2 Å². The molecule has 0 radical (unpaired) electrons. The maximum absolute atomic E-state index is 11.8. The first-order chi connectivity index (χ1) is 8.65. The highest BCUT2D eigenvalue weighted by atomic mass is 35.5. The molecule has 0 aliphatic heterocycles. The van der Waals surface area contributed by atoms with Gasteiger partial charge in [-0.25, -0.2) is 0 Å². The zero-order valence-electron chi connectivity index (χ0n) is 8.88. The van der Waals surface area contributed by atoms with Crippen LogP contribution in [0.4, 0.5) is 5.13 Å². The molecule has 1 aromatic heterocycles. The highest BCUT2D eigenvalue weighted by Crippen LogP contribution is 2.10. The second-order valence-electron chi connectivity index (χ2n) is 3.16. The van der Waals surface area contributed by atoms with E-state index in [4.69, 9.17) is 23.8 Å². The largest absolute Gasteiger partial charge is 0.307 e. The number of hydrogen-bond acceptors (Lipinski definition) is 5. The Morgan fingerprint density at radius 3 is 2.67 bits per heavy atom. The Morgan fingerprint density at radius 2 is 2.06 bits per heavy atom. The Kier molecular flexibility index (Phi) is 4.19. The van der Waals surface area contributed by atoms with E-state index in [0.717, 1.165) is 0 Å². The molecule has 0 unspecified atom stereocenters. The molecule has 1 aromatic carbocycles. The third-order valence-corrected chi connectivity index (χ3v) is 2.98. The Hall–Kier alpha value is -1.57. The minimum atomic E-state index is -0.311. The molecular formula is C10H7ClN4OS2. The van der Waals surface area contributed by atoms with Crippen molar-refractivity contribution >= 4 is 51.3 Å². The summed E-state index contributed by atoms with van der Waals surface area (Å²) in [6.45, 7) is 0. The predicted octanol–water partition coefficient (Wildman–Crippen LogP) is 2.32. The second-order valence-corrected chi connectivity index (χ2v) is 4.84. The van der Waals surface area contributed by atoms with E-state index in [1.807, 2.05) is 0 Å². The van der Waals surface area contributed by atoms with Crippen LogP contribution in [0.1, 0.15) is 10.4 Å². The lowest BCUT2D eigenvalue weighted by Gasteiger charge is -2.06. The van der Waals surface area contributed by atoms with Crippen molar-refractivity contribution in [1.82, 2.24) is 15.5 Å². The van der Waals surface area contributed by atoms with Gasteiger partial charge in [0.05, 0.1) is 0 Å². The molecule has 8 heteroatoms. The van der Waals surface area contributed by atoms with E-state index in [9.17, 15) is 4.79 Å². The van der Waals surface area contributed by atoms with Crippen LogP contribution in [0.2, 0.25) is 5.02 Å². The number of halogens is 1. The molecule has 5 nitrogen and oxygen atoms in total. The van der Waals surface area contributed by atoms with Gasteiger partial charge in [0.15, 0.2) is 5.11 Å². The minimum absolute atomic E-state index is 0.173. The third-order valence-electron chi connectivity index (χ3n) is 1.91. The lowest BCUT2D eigenvalue weighted by atomic mass is 10.2. The van der Waals surface area contributed by atoms with Gasteiger partial charge in [0, 0.05) is 10.6 Å². The number of benzene rings is 1. The van der Waals surface area contributed by atoms with Gasteiger partial charge in [-0.3, -0.25) is 10.1 Å². The molecule has 18 heavy (non-hydrogen) atoms. The second kappa shape index (κ2) is 5.85. The summed E-state index contributed by atoms with van der Waals surface area (Å²) in [5.41, 5.74) is 2.03. The molecular weight excluding hydrogens is 292 g/mol. The Morgan fingerprint density at radius 1 is 1.33 bits per heavy atom. The van der Waals surface area contributed by atoms with Gasteiger partial charge in [0.2, 0.25) is 5.13 Å². The maximum atomic E-state index is 11.8. The summed E-state index contributed by atoms with van der Waals surface area (Å²) in [5.74, 6) is -0.311. The molecule has 2 N–H and O–H groups in total. The fourth-order valence-corrected chi connectivity index (χ4v) is 1.96. The summed E-state index contributed by atoms with van der Waals surface area (Å²) in [5, 5.41) is 13.9. The van der Waals surface area contributed by atoms with Gasteiger partial charge in [0.1, 0.15) is 5.51 Å². The van der Waals surface area contributed by atoms with Crippen molar-refractivity contribution in [3.8, 4) is 0 Å². The maximum Gasteiger partial charge on any atom is 0.257 e. The molecule has 0 aliphatic carbocycles. The van der Waals surface area contributed by atoms with Crippen LogP contribution < -0.4 is 10.6 Å². The molecule has 0 aliphatic rings. The summed E-state index contributed by atoms with van der Waals surface area (Å²) in [6, 6.07) is 6.51. The van der Waals surface area contributed by atoms with Crippen molar-refractivity contribution in [2.45, 2.75) is 0 Å². The molecule has 2 rings (SSSR count). The fourth-order valence-electron chi connectivity index (χ4n) is 1.13. The zero-order chi connectivity index (χ0) is 13.0. The van der Waals surface area contributed by atoms with Crippen LogP contribution in [0.25, 0.3) is 0 Å². The Labute approximate surface area is 117 Å². The quantitative estimate of drug-likeness (QED) is 0.833. The van der Waals surface area contributed by atoms with E-state index in [-0.39, 0.29) is 11.0 Å². The first kappa shape index (κ1) is 12.9. The molecule has 1 heterocycles. The number of rotatable bonds is 2. The van der Waals surface area contributed by atoms with Gasteiger partial charge >= 0.3 is 0 Å². The van der Waals surface area contributed by atoms with Gasteiger partial charge in [-0.1, -0.05) is 22.9 Å². The summed E-state index contributed by atoms with van der Waals surface area (Å²) < 4.78 is 0. The van der Waals surface area contributed by atoms with E-state index < -0.39 is 0 Å². The molecule has 92 valence electrons. The Balaban J connectivity index is 1.95. The van der Waals surface area contributed by atoms with E-state index in [1.54, 1.807) is 29.8 Å². The number of hydrogen-bond donors (Lipinski definition) is 2. The fraction of sp³-hybridized carbons (Fsp3) is 0. The monoisotopic (exact) mass is 298 g/mol. The van der Waals surface area contributed by atoms with Crippen molar-refractivity contribution in [1.29, 1.82) is 0 Å². The lowest BCUT2D eigenvalue weighted by Crippen LogP contribution is -2.34. The molecule has 1 amide bonds. The standard InChI is InChI=1S/C10H7ClN4OS2/c11-7-3-1-6(2-4-7)8(16)13-9(17)14-10-15-12-5-18-10/h1-5H,(H2,13,14,15,16,17). The van der Waals surface area contributed by atoms with E-state index in [0.29, 0.717) is 15.7 Å². The summed E-state index contributed by atoms with van der Waals surface area (Å²) in [4.78, 5) is 11.8. The first-order valence-electron chi connectivity index (χ1n) is 4.79. The number of carbonyl (C=O) groups is 1. The van der Waals surface area contributed by atoms with Crippen LogP contribution >= 0.6 is 35.2 Å². The zero-order valence-corrected chi connectivity index (χ0v) is 11.3. The van der Waals surface area contributed by atoms with Crippen LogP contribution in [0.5, 0.6) is 0 Å². The molecule has 0 fully saturated rings. The molecule has 0 spiro atoms. The van der Waals surface area contributed by atoms with Crippen molar-refractivity contribution in [3.05, 3.63) is 40.4 Å². The normalized spacial score (nSPS) is 9.83. The number of aromatic nitrogens is 2. The number of carbonyl (C=O) groups excluding carboxylic acids is 1. The van der Waals surface area contributed by atoms with Crippen molar-refractivity contribution < 1.29 is 4.79 Å². The van der Waals surface area contributed by atoms with Gasteiger partial charge < -0.3 is 5.32 Å². The lowest BCUT2D eigenvalue weighted by molar-refractivity contribution is 0.0978. The SMILES string of the molecule is O=C(NC(=S)Nc1nncs1)c1ccc(Cl)cc1. The number of amides is 1. The molecule has 0 bridgehead atoms. The summed E-state index contributed by atoms with van der Waals surface area (Å²) in [6.07, 6.45) is 0. The van der Waals surface area contributed by atoms with Gasteiger partial charge in [-0.15, -0.1) is 10.2 Å². The van der Waals surface area contributed by atoms with Crippen LogP contribution in [-0.2, 0) is 0 Å². The summed E-state index contributed by atoms with van der Waals surface area (Å²) >= 11 is 12.0. The van der Waals surface area contributed by atoms with E-state index >= 15 is 0 Å². The highest BCUT2D eigenvalue weighted by Gasteiger charge is 2.08. The van der Waals surface area contributed by atoms with Crippen LogP contribution in [0, 0.1) is 0 Å². The number of thiocarbonyl (C=S) groups is 1. The number of nitrogens with one attached hydrogen (secondary N) is 2. The van der Waals surface area contributed by atoms with Crippen molar-refractivity contribution in [2.24, 2.45) is 0 Å². The van der Waals surface area contributed by atoms with Gasteiger partial charge in [-0.05, 0) is 36.5 Å². The Bertz CT molecular complexity index is 556. The smallest absolute Gasteiger partial charge is 0.257 e. The van der Waals surface area contributed by atoms with Gasteiger partial charge in [-0.2, -0.15) is 0 Å². The molecule has 0 atom stereocenters. The third kappa shape index (κ3) is 3.46. The molecule has 0 saturated carbocycles. The van der Waals surface area contributed by atoms with Crippen molar-refractivity contribution in [3.63, 3.8) is 0 Å². The van der Waals surface area contributed by atoms with E-state index in [1.165, 1.54) is 11.3 Å². The van der Waals surface area contributed by atoms with Crippen molar-refractivity contribution in [2.75, 3.05) is 5.32 Å². The van der Waals surface area contributed by atoms with Gasteiger partial charge in [0.25, 0.3) is 5.91 Å². The van der Waals surface area contributed by atoms with Crippen LogP contribution in [0.3, 0.4) is 0 Å². The number of anilines is 1. The minimum Gasteiger partial charge on any atom is -0.307 e. The van der Waals surface area contributed by atoms with Crippen LogP contribution in [0.15, 0.2) is 29.8 Å². The summed E-state index contributed by atoms with van der Waals surface area (Å²) in [7, 11) is 0. The average molecular weight is 299 g/mol. The first-order valence-corrected chi connectivity index (χ1v) is 6.46. The number of nitrogens with zero attached hydrogens (tertiary/aromatic N) is 2. The molecule has 2 aromatic rings. The molecule has 0 saturated heterocycles. The highest BCUT2D eigenvalue weighted by molar-refractivity contribution is 7.80. The van der Waals surface area contributed by atoms with E-state index in [2.05, 4.69) is 20.8 Å². The predicted molar refractivity (Wildman–Crippen MR) is 75.0 cm³/mol. The topological polar surface area (TPSA) is 66.9 Å².